The number of nitrogens with zero attached hydrogens (tertiary/aromatic N) is 1. The molecule has 0 spiro atoms. The average molecular weight is 351 g/mol. The molecule has 0 fully saturated rings. The van der Waals surface area contributed by atoms with Gasteiger partial charge < -0.3 is 0 Å². The molecule has 1 amide bonds. The SMILES string of the molecule is CC(C)c1ccc(C(=O)NN=Cc2ccc(Br)s2)cc1. The third kappa shape index (κ3) is 4.02. The second-order valence-electron chi connectivity index (χ2n) is 4.62. The minimum Gasteiger partial charge on any atom is -0.267 e. The lowest BCUT2D eigenvalue weighted by Gasteiger charge is -2.05. The molecule has 2 aromatic rings. The van der Waals surface area contributed by atoms with Gasteiger partial charge in [0.25, 0.3) is 5.91 Å². The molecule has 1 N–H and O–H groups in total. The number of carbonyl (C=O) groups is 1. The largest absolute Gasteiger partial charge is 0.271 e. The molecule has 0 aliphatic heterocycles. The summed E-state index contributed by atoms with van der Waals surface area (Å²) in [6.45, 7) is 4.25. The fourth-order valence-electron chi connectivity index (χ4n) is 1.64. The second kappa shape index (κ2) is 6.81. The van der Waals surface area contributed by atoms with Gasteiger partial charge in [-0.3, -0.25) is 4.79 Å². The summed E-state index contributed by atoms with van der Waals surface area (Å²) < 4.78 is 1.04. The van der Waals surface area contributed by atoms with Crippen molar-refractivity contribution < 1.29 is 4.79 Å². The Kier molecular flexibility index (Phi) is 5.09. The van der Waals surface area contributed by atoms with Crippen molar-refractivity contribution in [2.75, 3.05) is 0 Å². The quantitative estimate of drug-likeness (QED) is 0.644. The summed E-state index contributed by atoms with van der Waals surface area (Å²) in [5.41, 5.74) is 4.35. The molecule has 0 aliphatic rings. The van der Waals surface area contributed by atoms with Crippen LogP contribution in [0.15, 0.2) is 45.3 Å². The van der Waals surface area contributed by atoms with Gasteiger partial charge >= 0.3 is 0 Å². The maximum Gasteiger partial charge on any atom is 0.271 e. The van der Waals surface area contributed by atoms with Crippen molar-refractivity contribution in [2.45, 2.75) is 19.8 Å². The molecule has 0 saturated heterocycles. The van der Waals surface area contributed by atoms with Gasteiger partial charge in [-0.2, -0.15) is 5.10 Å². The van der Waals surface area contributed by atoms with Crippen molar-refractivity contribution in [1.29, 1.82) is 0 Å². The number of hydrazone groups is 1. The molecule has 3 nitrogen and oxygen atoms in total. The van der Waals surface area contributed by atoms with E-state index in [2.05, 4.69) is 40.3 Å². The van der Waals surface area contributed by atoms with E-state index in [1.165, 1.54) is 5.56 Å². The standard InChI is InChI=1S/C15H15BrN2OS/c1-10(2)11-3-5-12(6-4-11)15(19)18-17-9-13-7-8-14(16)20-13/h3-10H,1-2H3,(H,18,19). The minimum absolute atomic E-state index is 0.202. The molecule has 0 bridgehead atoms. The van der Waals surface area contributed by atoms with Crippen LogP contribution < -0.4 is 5.43 Å². The van der Waals surface area contributed by atoms with E-state index in [1.807, 2.05) is 36.4 Å². The lowest BCUT2D eigenvalue weighted by atomic mass is 10.0. The highest BCUT2D eigenvalue weighted by Crippen LogP contribution is 2.20. The maximum absolute atomic E-state index is 11.9. The van der Waals surface area contributed by atoms with E-state index in [4.69, 9.17) is 0 Å². The first-order valence-corrected chi connectivity index (χ1v) is 7.86. The van der Waals surface area contributed by atoms with Crippen LogP contribution in [-0.4, -0.2) is 12.1 Å². The number of hydrogen-bond donors (Lipinski definition) is 1. The van der Waals surface area contributed by atoms with E-state index in [1.54, 1.807) is 17.6 Å². The third-order valence-corrected chi connectivity index (χ3v) is 4.35. The summed E-state index contributed by atoms with van der Waals surface area (Å²) in [6, 6.07) is 11.5. The topological polar surface area (TPSA) is 41.5 Å². The zero-order chi connectivity index (χ0) is 14.5. The molecular weight excluding hydrogens is 336 g/mol. The Hall–Kier alpha value is -1.46. The van der Waals surface area contributed by atoms with Crippen molar-refractivity contribution in [2.24, 2.45) is 5.10 Å². The third-order valence-electron chi connectivity index (χ3n) is 2.79. The van der Waals surface area contributed by atoms with Gasteiger partial charge in [-0.1, -0.05) is 26.0 Å². The number of amides is 1. The predicted molar refractivity (Wildman–Crippen MR) is 87.6 cm³/mol. The lowest BCUT2D eigenvalue weighted by molar-refractivity contribution is 0.0955. The molecule has 1 aromatic heterocycles. The molecule has 1 heterocycles. The second-order valence-corrected chi connectivity index (χ2v) is 7.11. The Morgan fingerprint density at radius 2 is 1.95 bits per heavy atom. The van der Waals surface area contributed by atoms with Gasteiger partial charge in [-0.05, 0) is 51.7 Å². The zero-order valence-corrected chi connectivity index (χ0v) is 13.7. The monoisotopic (exact) mass is 350 g/mol. The molecule has 0 aliphatic carbocycles. The Balaban J connectivity index is 1.96. The van der Waals surface area contributed by atoms with Crippen molar-refractivity contribution in [3.05, 3.63) is 56.2 Å². The fraction of sp³-hybridized carbons (Fsp3) is 0.200. The van der Waals surface area contributed by atoms with Crippen LogP contribution in [0.2, 0.25) is 0 Å². The number of benzene rings is 1. The van der Waals surface area contributed by atoms with E-state index in [-0.39, 0.29) is 5.91 Å². The molecular formula is C15H15BrN2OS. The number of thiophene rings is 1. The minimum atomic E-state index is -0.202. The number of halogens is 1. The van der Waals surface area contributed by atoms with Crippen LogP contribution in [0, 0.1) is 0 Å². The average Bonchev–Trinajstić information content (AvgIpc) is 2.84. The van der Waals surface area contributed by atoms with Crippen LogP contribution in [0.3, 0.4) is 0 Å². The molecule has 2 rings (SSSR count). The fourth-order valence-corrected chi connectivity index (χ4v) is 2.93. The molecule has 20 heavy (non-hydrogen) atoms. The number of carbonyl (C=O) groups excluding carboxylic acids is 1. The van der Waals surface area contributed by atoms with Gasteiger partial charge in [0, 0.05) is 10.4 Å². The Morgan fingerprint density at radius 3 is 2.50 bits per heavy atom. The van der Waals surface area contributed by atoms with Crippen LogP contribution in [0.4, 0.5) is 0 Å². The Bertz CT molecular complexity index is 617. The van der Waals surface area contributed by atoms with E-state index in [9.17, 15) is 4.79 Å². The van der Waals surface area contributed by atoms with E-state index in [0.717, 1.165) is 8.66 Å². The number of nitrogens with one attached hydrogen (secondary N) is 1. The zero-order valence-electron chi connectivity index (χ0n) is 11.3. The molecule has 1 aromatic carbocycles. The summed E-state index contributed by atoms with van der Waals surface area (Å²) in [7, 11) is 0. The molecule has 0 radical (unpaired) electrons. The Morgan fingerprint density at radius 1 is 1.25 bits per heavy atom. The van der Waals surface area contributed by atoms with Crippen molar-refractivity contribution in [1.82, 2.24) is 5.43 Å². The summed E-state index contributed by atoms with van der Waals surface area (Å²) in [4.78, 5) is 12.9. The first-order valence-electron chi connectivity index (χ1n) is 6.25. The first kappa shape index (κ1) is 14.9. The summed E-state index contributed by atoms with van der Waals surface area (Å²) >= 11 is 4.93. The highest BCUT2D eigenvalue weighted by Gasteiger charge is 2.05. The predicted octanol–water partition coefficient (Wildman–Crippen LogP) is 4.40. The van der Waals surface area contributed by atoms with Gasteiger partial charge in [-0.25, -0.2) is 5.43 Å². The van der Waals surface area contributed by atoms with Crippen LogP contribution in [0.5, 0.6) is 0 Å². The highest BCUT2D eigenvalue weighted by molar-refractivity contribution is 9.11. The molecule has 0 saturated carbocycles. The molecule has 5 heteroatoms. The van der Waals surface area contributed by atoms with Crippen LogP contribution in [0.1, 0.15) is 40.6 Å². The number of hydrogen-bond acceptors (Lipinski definition) is 3. The van der Waals surface area contributed by atoms with Crippen LogP contribution in [0.25, 0.3) is 0 Å². The summed E-state index contributed by atoms with van der Waals surface area (Å²) in [6.07, 6.45) is 1.63. The van der Waals surface area contributed by atoms with Gasteiger partial charge in [0.05, 0.1) is 10.0 Å². The molecule has 0 unspecified atom stereocenters. The maximum atomic E-state index is 11.9. The van der Waals surface area contributed by atoms with Gasteiger partial charge in [0.1, 0.15) is 0 Å². The van der Waals surface area contributed by atoms with E-state index in [0.29, 0.717) is 11.5 Å². The lowest BCUT2D eigenvalue weighted by Crippen LogP contribution is -2.17. The van der Waals surface area contributed by atoms with Gasteiger partial charge in [-0.15, -0.1) is 11.3 Å². The number of rotatable bonds is 4. The smallest absolute Gasteiger partial charge is 0.267 e. The van der Waals surface area contributed by atoms with Crippen LogP contribution in [-0.2, 0) is 0 Å². The van der Waals surface area contributed by atoms with E-state index < -0.39 is 0 Å². The van der Waals surface area contributed by atoms with Gasteiger partial charge in [0.2, 0.25) is 0 Å². The Labute approximate surface area is 130 Å². The molecule has 0 atom stereocenters. The van der Waals surface area contributed by atoms with Crippen molar-refractivity contribution in [3.8, 4) is 0 Å². The van der Waals surface area contributed by atoms with Crippen molar-refractivity contribution >= 4 is 39.4 Å². The highest BCUT2D eigenvalue weighted by atomic mass is 79.9. The van der Waals surface area contributed by atoms with Crippen molar-refractivity contribution in [3.63, 3.8) is 0 Å². The summed E-state index contributed by atoms with van der Waals surface area (Å²) in [5.74, 6) is 0.259. The molecule has 104 valence electrons. The van der Waals surface area contributed by atoms with Crippen LogP contribution >= 0.6 is 27.3 Å². The van der Waals surface area contributed by atoms with Gasteiger partial charge in [0.15, 0.2) is 0 Å². The normalized spacial score (nSPS) is 11.2. The first-order chi connectivity index (χ1) is 9.56. The summed E-state index contributed by atoms with van der Waals surface area (Å²) in [5, 5.41) is 3.95. The van der Waals surface area contributed by atoms with E-state index >= 15 is 0 Å².